The summed E-state index contributed by atoms with van der Waals surface area (Å²) in [5.41, 5.74) is 2.10. The molecule has 0 aliphatic carbocycles. The molecule has 134 valence electrons. The molecule has 3 rings (SSSR count). The van der Waals surface area contributed by atoms with Crippen LogP contribution in [0.25, 0.3) is 10.9 Å². The first kappa shape index (κ1) is 17.9. The molecule has 1 aromatic carbocycles. The summed E-state index contributed by atoms with van der Waals surface area (Å²) in [7, 11) is 0. The van der Waals surface area contributed by atoms with Crippen molar-refractivity contribution in [3.8, 4) is 0 Å². The largest absolute Gasteiger partial charge is 0.453 e. The second kappa shape index (κ2) is 7.53. The number of amides is 1. The van der Waals surface area contributed by atoms with E-state index in [4.69, 9.17) is 4.74 Å². The summed E-state index contributed by atoms with van der Waals surface area (Å²) >= 11 is 1.28. The number of rotatable bonds is 6. The maximum absolute atomic E-state index is 12.7. The van der Waals surface area contributed by atoms with Crippen LogP contribution in [0.3, 0.4) is 0 Å². The van der Waals surface area contributed by atoms with Crippen molar-refractivity contribution in [3.05, 3.63) is 57.9 Å². The van der Waals surface area contributed by atoms with Crippen molar-refractivity contribution in [3.63, 3.8) is 0 Å². The van der Waals surface area contributed by atoms with Crippen LogP contribution in [0.4, 0.5) is 0 Å². The molecule has 0 fully saturated rings. The van der Waals surface area contributed by atoms with Gasteiger partial charge in [0, 0.05) is 22.2 Å². The molecule has 1 amide bonds. The Morgan fingerprint density at radius 2 is 1.96 bits per heavy atom. The predicted molar refractivity (Wildman–Crippen MR) is 99.6 cm³/mol. The van der Waals surface area contributed by atoms with E-state index >= 15 is 0 Å². The Labute approximate surface area is 154 Å². The fourth-order valence-corrected chi connectivity index (χ4v) is 3.38. The van der Waals surface area contributed by atoms with E-state index in [1.54, 1.807) is 17.5 Å². The van der Waals surface area contributed by atoms with Gasteiger partial charge in [0.05, 0.1) is 4.88 Å². The number of ketones is 1. The van der Waals surface area contributed by atoms with Crippen LogP contribution in [-0.4, -0.2) is 35.3 Å². The number of Topliss-reactive ketones (excluding diaryl/α,β-unsaturated/α-hetero) is 1. The molecule has 2 aromatic heterocycles. The molecule has 0 aliphatic rings. The van der Waals surface area contributed by atoms with Crippen LogP contribution in [0, 0.1) is 6.92 Å². The van der Waals surface area contributed by atoms with Gasteiger partial charge >= 0.3 is 5.97 Å². The molecule has 1 atom stereocenters. The lowest BCUT2D eigenvalue weighted by Crippen LogP contribution is -2.33. The van der Waals surface area contributed by atoms with Gasteiger partial charge in [-0.3, -0.25) is 14.4 Å². The third kappa shape index (κ3) is 3.67. The Morgan fingerprint density at radius 1 is 1.19 bits per heavy atom. The van der Waals surface area contributed by atoms with Crippen molar-refractivity contribution >= 4 is 39.9 Å². The van der Waals surface area contributed by atoms with Gasteiger partial charge in [-0.1, -0.05) is 24.3 Å². The van der Waals surface area contributed by atoms with Crippen LogP contribution in [-0.2, 0) is 9.53 Å². The first-order chi connectivity index (χ1) is 12.5. The van der Waals surface area contributed by atoms with E-state index in [1.165, 1.54) is 18.3 Å². The highest BCUT2D eigenvalue weighted by Crippen LogP contribution is 2.23. The molecule has 6 nitrogen and oxygen atoms in total. The number of fused-ring (bicyclic) bond motifs is 1. The zero-order valence-electron chi connectivity index (χ0n) is 14.4. The molecular formula is C19H18N2O4S. The Balaban J connectivity index is 1.62. The van der Waals surface area contributed by atoms with Gasteiger partial charge < -0.3 is 15.0 Å². The molecule has 3 aromatic rings. The van der Waals surface area contributed by atoms with Gasteiger partial charge in [0.25, 0.3) is 5.91 Å². The first-order valence-corrected chi connectivity index (χ1v) is 8.98. The number of hydrogen-bond acceptors (Lipinski definition) is 5. The number of para-hydroxylation sites is 1. The smallest absolute Gasteiger partial charge is 0.326 e. The summed E-state index contributed by atoms with van der Waals surface area (Å²) in [5, 5.41) is 5.05. The van der Waals surface area contributed by atoms with Crippen molar-refractivity contribution in [2.75, 3.05) is 6.54 Å². The van der Waals surface area contributed by atoms with Crippen LogP contribution in [0.5, 0.6) is 0 Å². The van der Waals surface area contributed by atoms with Crippen LogP contribution in [0.2, 0.25) is 0 Å². The van der Waals surface area contributed by atoms with Crippen molar-refractivity contribution in [1.29, 1.82) is 0 Å². The average molecular weight is 370 g/mol. The number of nitrogens with one attached hydrogen (secondary N) is 2. The first-order valence-electron chi connectivity index (χ1n) is 8.10. The summed E-state index contributed by atoms with van der Waals surface area (Å²) in [4.78, 5) is 40.2. The van der Waals surface area contributed by atoms with Gasteiger partial charge in [-0.15, -0.1) is 11.3 Å². The number of hydrogen-bond donors (Lipinski definition) is 2. The molecule has 0 radical (unpaired) electrons. The van der Waals surface area contributed by atoms with Crippen LogP contribution >= 0.6 is 11.3 Å². The minimum Gasteiger partial charge on any atom is -0.453 e. The summed E-state index contributed by atoms with van der Waals surface area (Å²) in [5.74, 6) is -1.28. The van der Waals surface area contributed by atoms with Crippen LogP contribution < -0.4 is 5.32 Å². The second-order valence-corrected chi connectivity index (χ2v) is 6.77. The maximum atomic E-state index is 12.7. The fourth-order valence-electron chi connectivity index (χ4n) is 2.74. The Bertz CT molecular complexity index is 959. The van der Waals surface area contributed by atoms with Crippen molar-refractivity contribution in [2.24, 2.45) is 0 Å². The van der Waals surface area contributed by atoms with Gasteiger partial charge in [-0.2, -0.15) is 0 Å². The number of carbonyl (C=O) groups is 3. The number of carbonyl (C=O) groups excluding carboxylic acids is 3. The van der Waals surface area contributed by atoms with Gasteiger partial charge in [-0.25, -0.2) is 0 Å². The Morgan fingerprint density at radius 3 is 2.69 bits per heavy atom. The number of thiophene rings is 1. The number of aromatic nitrogens is 1. The second-order valence-electron chi connectivity index (χ2n) is 5.83. The highest BCUT2D eigenvalue weighted by Gasteiger charge is 2.24. The number of ether oxygens (including phenoxy) is 1. The molecule has 7 heteroatoms. The molecule has 0 unspecified atom stereocenters. The van der Waals surface area contributed by atoms with Crippen LogP contribution in [0.1, 0.15) is 32.6 Å². The third-order valence-electron chi connectivity index (χ3n) is 3.96. The predicted octanol–water partition coefficient (Wildman–Crippen LogP) is 3.08. The number of benzene rings is 1. The topological polar surface area (TPSA) is 88.3 Å². The molecule has 0 aliphatic heterocycles. The lowest BCUT2D eigenvalue weighted by atomic mass is 10.0. The average Bonchev–Trinajstić information content (AvgIpc) is 3.26. The molecule has 0 spiro atoms. The van der Waals surface area contributed by atoms with E-state index in [0.29, 0.717) is 10.4 Å². The summed E-state index contributed by atoms with van der Waals surface area (Å²) in [6.45, 7) is 3.05. The summed E-state index contributed by atoms with van der Waals surface area (Å²) in [6.07, 6.45) is -0.945. The van der Waals surface area contributed by atoms with Crippen molar-refractivity contribution in [1.82, 2.24) is 10.3 Å². The Kier molecular flexibility index (Phi) is 5.18. The van der Waals surface area contributed by atoms with Gasteiger partial charge in [0.2, 0.25) is 5.78 Å². The zero-order valence-corrected chi connectivity index (χ0v) is 15.2. The lowest BCUT2D eigenvalue weighted by molar-refractivity contribution is -0.145. The molecule has 2 N–H and O–H groups in total. The zero-order chi connectivity index (χ0) is 18.7. The molecule has 0 saturated heterocycles. The standard InChI is InChI=1S/C19H18N2O4S/c1-11-17(13-6-3-4-7-14(13)21-11)18(23)12(2)25-16(22)10-20-19(24)15-8-5-9-26-15/h3-9,12,21H,10H2,1-2H3,(H,20,24)/t12-/m1/s1. The number of aryl methyl sites for hydroxylation is 1. The monoisotopic (exact) mass is 370 g/mol. The number of aromatic amines is 1. The highest BCUT2D eigenvalue weighted by atomic mass is 32.1. The molecule has 0 bridgehead atoms. The van der Waals surface area contributed by atoms with Crippen molar-refractivity contribution in [2.45, 2.75) is 20.0 Å². The molecule has 26 heavy (non-hydrogen) atoms. The van der Waals surface area contributed by atoms with E-state index in [-0.39, 0.29) is 18.2 Å². The third-order valence-corrected chi connectivity index (χ3v) is 4.82. The normalized spacial score (nSPS) is 11.9. The van der Waals surface area contributed by atoms with Crippen molar-refractivity contribution < 1.29 is 19.1 Å². The van der Waals surface area contributed by atoms with E-state index < -0.39 is 12.1 Å². The number of H-pyrrole nitrogens is 1. The van der Waals surface area contributed by atoms with E-state index in [1.807, 2.05) is 31.2 Å². The Hall–Kier alpha value is -2.93. The quantitative estimate of drug-likeness (QED) is 0.515. The minimum absolute atomic E-state index is 0.280. The summed E-state index contributed by atoms with van der Waals surface area (Å²) in [6, 6.07) is 10.9. The summed E-state index contributed by atoms with van der Waals surface area (Å²) < 4.78 is 5.19. The SMILES string of the molecule is Cc1[nH]c2ccccc2c1C(=O)[C@@H](C)OC(=O)CNC(=O)c1cccs1. The molecule has 2 heterocycles. The molecular weight excluding hydrogens is 352 g/mol. The van der Waals surface area contributed by atoms with E-state index in [9.17, 15) is 14.4 Å². The molecule has 0 saturated carbocycles. The lowest BCUT2D eigenvalue weighted by Gasteiger charge is -2.13. The maximum Gasteiger partial charge on any atom is 0.326 e. The minimum atomic E-state index is -0.945. The highest BCUT2D eigenvalue weighted by molar-refractivity contribution is 7.12. The van der Waals surface area contributed by atoms with E-state index in [2.05, 4.69) is 10.3 Å². The van der Waals surface area contributed by atoms with Gasteiger partial charge in [0.15, 0.2) is 6.10 Å². The number of esters is 1. The van der Waals surface area contributed by atoms with E-state index in [0.717, 1.165) is 16.6 Å². The fraction of sp³-hybridized carbons (Fsp3) is 0.211. The van der Waals surface area contributed by atoms with Crippen LogP contribution in [0.15, 0.2) is 41.8 Å². The van der Waals surface area contributed by atoms with Gasteiger partial charge in [0.1, 0.15) is 6.54 Å². The van der Waals surface area contributed by atoms with Gasteiger partial charge in [-0.05, 0) is 31.4 Å².